The zero-order chi connectivity index (χ0) is 16.9. The first-order valence-corrected chi connectivity index (χ1v) is 8.43. The van der Waals surface area contributed by atoms with Crippen LogP contribution in [0.1, 0.15) is 56.4 Å². The third-order valence-corrected chi connectivity index (χ3v) is 4.33. The molecule has 0 aromatic heterocycles. The van der Waals surface area contributed by atoms with E-state index in [9.17, 15) is 10.2 Å². The highest BCUT2D eigenvalue weighted by Crippen LogP contribution is 2.27. The molecule has 2 N–H and O–H groups in total. The lowest BCUT2D eigenvalue weighted by molar-refractivity contribution is 0.0480. The van der Waals surface area contributed by atoms with Gasteiger partial charge in [0, 0.05) is 0 Å². The second kappa shape index (κ2) is 7.76. The summed E-state index contributed by atoms with van der Waals surface area (Å²) in [6.07, 6.45) is 1.79. The van der Waals surface area contributed by atoms with Crippen LogP contribution in [0, 0.1) is 5.92 Å². The molecule has 2 unspecified atom stereocenters. The summed E-state index contributed by atoms with van der Waals surface area (Å²) >= 11 is 0. The van der Waals surface area contributed by atoms with Crippen LogP contribution in [-0.2, 0) is 12.0 Å². The molecule has 124 valence electrons. The van der Waals surface area contributed by atoms with Crippen molar-refractivity contribution >= 4 is 0 Å². The van der Waals surface area contributed by atoms with E-state index in [4.69, 9.17) is 0 Å². The van der Waals surface area contributed by atoms with Crippen LogP contribution >= 0.6 is 0 Å². The van der Waals surface area contributed by atoms with E-state index < -0.39 is 11.7 Å². The van der Waals surface area contributed by atoms with Crippen molar-refractivity contribution in [1.29, 1.82) is 0 Å². The monoisotopic (exact) mass is 312 g/mol. The maximum Gasteiger partial charge on any atom is 0.0871 e. The summed E-state index contributed by atoms with van der Waals surface area (Å²) in [6.45, 7) is 6.09. The van der Waals surface area contributed by atoms with Crippen LogP contribution in [0.4, 0.5) is 0 Å². The molecule has 0 radical (unpaired) electrons. The van der Waals surface area contributed by atoms with E-state index in [0.29, 0.717) is 12.3 Å². The summed E-state index contributed by atoms with van der Waals surface area (Å²) in [6, 6.07) is 17.9. The van der Waals surface area contributed by atoms with Crippen LogP contribution in [0.5, 0.6) is 0 Å². The second-order valence-electron chi connectivity index (χ2n) is 7.03. The Balaban J connectivity index is 2.03. The molecule has 2 aromatic rings. The smallest absolute Gasteiger partial charge is 0.0871 e. The molecule has 0 aliphatic carbocycles. The summed E-state index contributed by atoms with van der Waals surface area (Å²) in [5.41, 5.74) is 2.22. The summed E-state index contributed by atoms with van der Waals surface area (Å²) in [7, 11) is 0. The molecular formula is C21H28O2. The van der Waals surface area contributed by atoms with Gasteiger partial charge in [-0.05, 0) is 48.8 Å². The Hall–Kier alpha value is -1.64. The Bertz CT molecular complexity index is 602. The zero-order valence-electron chi connectivity index (χ0n) is 14.4. The van der Waals surface area contributed by atoms with Gasteiger partial charge in [-0.2, -0.15) is 0 Å². The van der Waals surface area contributed by atoms with Crippen molar-refractivity contribution in [2.75, 3.05) is 0 Å². The molecule has 0 saturated carbocycles. The molecule has 0 saturated heterocycles. The van der Waals surface area contributed by atoms with E-state index in [2.05, 4.69) is 26.0 Å². The van der Waals surface area contributed by atoms with Gasteiger partial charge in [0.25, 0.3) is 0 Å². The predicted molar refractivity (Wildman–Crippen MR) is 95.2 cm³/mol. The van der Waals surface area contributed by atoms with Crippen molar-refractivity contribution < 1.29 is 10.2 Å². The summed E-state index contributed by atoms with van der Waals surface area (Å²) in [5, 5.41) is 21.0. The summed E-state index contributed by atoms with van der Waals surface area (Å²) in [5.74, 6) is 0.465. The van der Waals surface area contributed by atoms with Gasteiger partial charge in [0.15, 0.2) is 0 Å². The standard InChI is InChI=1S/C21H28O2/c1-16(2)14-20(22)18-9-7-8-17(15-18)12-13-21(3,23)19-10-5-4-6-11-19/h4-11,15-16,20,22-23H,12-14H2,1-3H3. The van der Waals surface area contributed by atoms with E-state index in [1.54, 1.807) is 0 Å². The van der Waals surface area contributed by atoms with Gasteiger partial charge in [-0.15, -0.1) is 0 Å². The quantitative estimate of drug-likeness (QED) is 0.784. The van der Waals surface area contributed by atoms with Crippen LogP contribution in [-0.4, -0.2) is 10.2 Å². The minimum absolute atomic E-state index is 0.412. The van der Waals surface area contributed by atoms with E-state index in [-0.39, 0.29) is 0 Å². The van der Waals surface area contributed by atoms with Crippen molar-refractivity contribution in [3.05, 3.63) is 71.3 Å². The first-order valence-electron chi connectivity index (χ1n) is 8.43. The van der Waals surface area contributed by atoms with Crippen molar-refractivity contribution in [3.8, 4) is 0 Å². The fourth-order valence-corrected chi connectivity index (χ4v) is 2.87. The lowest BCUT2D eigenvalue weighted by Crippen LogP contribution is -2.21. The molecule has 2 aromatic carbocycles. The highest BCUT2D eigenvalue weighted by molar-refractivity contribution is 5.27. The number of benzene rings is 2. The van der Waals surface area contributed by atoms with E-state index in [0.717, 1.165) is 29.5 Å². The maximum atomic E-state index is 10.7. The lowest BCUT2D eigenvalue weighted by atomic mass is 9.89. The highest BCUT2D eigenvalue weighted by Gasteiger charge is 2.22. The Morgan fingerprint density at radius 3 is 2.35 bits per heavy atom. The normalized spacial score (nSPS) is 15.4. The van der Waals surface area contributed by atoms with Gasteiger partial charge in [0.2, 0.25) is 0 Å². The SMILES string of the molecule is CC(C)CC(O)c1cccc(CCC(C)(O)c2ccccc2)c1. The van der Waals surface area contributed by atoms with Crippen molar-refractivity contribution in [2.24, 2.45) is 5.92 Å². The second-order valence-corrected chi connectivity index (χ2v) is 7.03. The van der Waals surface area contributed by atoms with Crippen LogP contribution in [0.15, 0.2) is 54.6 Å². The van der Waals surface area contributed by atoms with Gasteiger partial charge in [-0.3, -0.25) is 0 Å². The third-order valence-electron chi connectivity index (χ3n) is 4.33. The predicted octanol–water partition coefficient (Wildman–Crippen LogP) is 4.61. The topological polar surface area (TPSA) is 40.5 Å². The van der Waals surface area contributed by atoms with Crippen molar-refractivity contribution in [2.45, 2.75) is 51.7 Å². The van der Waals surface area contributed by atoms with Crippen LogP contribution in [0.3, 0.4) is 0 Å². The molecule has 0 spiro atoms. The Morgan fingerprint density at radius 1 is 1.00 bits per heavy atom. The molecule has 0 heterocycles. The molecule has 0 fully saturated rings. The zero-order valence-corrected chi connectivity index (χ0v) is 14.4. The molecule has 0 aliphatic rings. The molecule has 0 bridgehead atoms. The Morgan fingerprint density at radius 2 is 1.70 bits per heavy atom. The molecular weight excluding hydrogens is 284 g/mol. The van der Waals surface area contributed by atoms with Crippen LogP contribution < -0.4 is 0 Å². The van der Waals surface area contributed by atoms with Gasteiger partial charge in [-0.25, -0.2) is 0 Å². The number of hydrogen-bond acceptors (Lipinski definition) is 2. The van der Waals surface area contributed by atoms with Gasteiger partial charge in [0.05, 0.1) is 11.7 Å². The highest BCUT2D eigenvalue weighted by atomic mass is 16.3. The largest absolute Gasteiger partial charge is 0.388 e. The number of rotatable bonds is 7. The lowest BCUT2D eigenvalue weighted by Gasteiger charge is -2.24. The third kappa shape index (κ3) is 5.19. The Kier molecular flexibility index (Phi) is 5.97. The average molecular weight is 312 g/mol. The van der Waals surface area contributed by atoms with Gasteiger partial charge in [-0.1, -0.05) is 68.4 Å². The van der Waals surface area contributed by atoms with E-state index >= 15 is 0 Å². The Labute approximate surface area is 139 Å². The first kappa shape index (κ1) is 17.7. The van der Waals surface area contributed by atoms with Gasteiger partial charge < -0.3 is 10.2 Å². The molecule has 2 nitrogen and oxygen atoms in total. The molecule has 2 atom stereocenters. The summed E-state index contributed by atoms with van der Waals surface area (Å²) < 4.78 is 0. The molecule has 2 rings (SSSR count). The van der Waals surface area contributed by atoms with Crippen molar-refractivity contribution in [1.82, 2.24) is 0 Å². The molecule has 0 amide bonds. The maximum absolute atomic E-state index is 10.7. The average Bonchev–Trinajstić information content (AvgIpc) is 2.53. The number of hydrogen-bond donors (Lipinski definition) is 2. The van der Waals surface area contributed by atoms with Crippen LogP contribution in [0.25, 0.3) is 0 Å². The molecule has 0 aliphatic heterocycles. The number of aliphatic hydroxyl groups excluding tert-OH is 1. The summed E-state index contributed by atoms with van der Waals surface area (Å²) in [4.78, 5) is 0. The fraction of sp³-hybridized carbons (Fsp3) is 0.429. The molecule has 2 heteroatoms. The fourth-order valence-electron chi connectivity index (χ4n) is 2.87. The minimum atomic E-state index is -0.839. The molecule has 23 heavy (non-hydrogen) atoms. The number of aryl methyl sites for hydroxylation is 1. The minimum Gasteiger partial charge on any atom is -0.388 e. The van der Waals surface area contributed by atoms with E-state index in [1.807, 2.05) is 49.4 Å². The number of aliphatic hydroxyl groups is 2. The van der Waals surface area contributed by atoms with Crippen LogP contribution in [0.2, 0.25) is 0 Å². The van der Waals surface area contributed by atoms with E-state index in [1.165, 1.54) is 0 Å². The van der Waals surface area contributed by atoms with Gasteiger partial charge >= 0.3 is 0 Å². The first-order chi connectivity index (χ1) is 10.9. The van der Waals surface area contributed by atoms with Crippen molar-refractivity contribution in [3.63, 3.8) is 0 Å². The van der Waals surface area contributed by atoms with Gasteiger partial charge in [0.1, 0.15) is 0 Å².